The van der Waals surface area contributed by atoms with Gasteiger partial charge in [-0.3, -0.25) is 4.98 Å². The highest BCUT2D eigenvalue weighted by Crippen LogP contribution is 2.23. The third-order valence-corrected chi connectivity index (χ3v) is 3.02. The van der Waals surface area contributed by atoms with Crippen LogP contribution in [0.25, 0.3) is 0 Å². The predicted molar refractivity (Wildman–Crippen MR) is 65.4 cm³/mol. The van der Waals surface area contributed by atoms with Crippen molar-refractivity contribution in [3.05, 3.63) is 18.1 Å². The molecule has 2 rings (SSSR count). The van der Waals surface area contributed by atoms with Gasteiger partial charge in [0.25, 0.3) is 0 Å². The van der Waals surface area contributed by atoms with Crippen LogP contribution in [0.1, 0.15) is 30.3 Å². The zero-order chi connectivity index (χ0) is 13.2. The van der Waals surface area contributed by atoms with Crippen LogP contribution in [0.2, 0.25) is 0 Å². The fraction of sp³-hybridized carbons (Fsp3) is 0.583. The van der Waals surface area contributed by atoms with Crippen LogP contribution >= 0.6 is 0 Å². The molecule has 0 aliphatic carbocycles. The summed E-state index contributed by atoms with van der Waals surface area (Å²) in [5.74, 6) is 0.0889. The van der Waals surface area contributed by atoms with Gasteiger partial charge < -0.3 is 14.7 Å². The lowest BCUT2D eigenvalue weighted by Crippen LogP contribution is -2.46. The van der Waals surface area contributed by atoms with Crippen LogP contribution in [0, 0.1) is 0 Å². The molecule has 1 fully saturated rings. The van der Waals surface area contributed by atoms with Crippen LogP contribution in [0.3, 0.4) is 0 Å². The number of methoxy groups -OCH3 is 1. The fourth-order valence-corrected chi connectivity index (χ4v) is 2.13. The average Bonchev–Trinajstić information content (AvgIpc) is 2.37. The number of esters is 1. The van der Waals surface area contributed by atoms with Gasteiger partial charge in [-0.2, -0.15) is 0 Å². The molecule has 1 atom stereocenters. The summed E-state index contributed by atoms with van der Waals surface area (Å²) in [4.78, 5) is 21.5. The van der Waals surface area contributed by atoms with Gasteiger partial charge in [0, 0.05) is 13.1 Å². The van der Waals surface area contributed by atoms with Crippen LogP contribution in [0.15, 0.2) is 12.4 Å². The maximum Gasteiger partial charge on any atom is 0.358 e. The molecule has 1 aliphatic rings. The molecule has 1 aliphatic heterocycles. The third kappa shape index (κ3) is 2.76. The summed E-state index contributed by atoms with van der Waals surface area (Å²) in [7, 11) is 1.31. The lowest BCUT2D eigenvalue weighted by molar-refractivity contribution is 0.0447. The SMILES string of the molecule is COC(=O)c1cncc(N2CCCC(C)(O)C2)n1. The van der Waals surface area contributed by atoms with Gasteiger partial charge >= 0.3 is 5.97 Å². The molecule has 0 bridgehead atoms. The van der Waals surface area contributed by atoms with Gasteiger partial charge in [0.1, 0.15) is 5.82 Å². The standard InChI is InChI=1S/C12H17N3O3/c1-12(17)4-3-5-15(8-12)10-7-13-6-9(14-10)11(16)18-2/h6-7,17H,3-5,8H2,1-2H3. The van der Waals surface area contributed by atoms with Crippen molar-refractivity contribution in [1.82, 2.24) is 9.97 Å². The number of nitrogens with zero attached hydrogens (tertiary/aromatic N) is 3. The zero-order valence-corrected chi connectivity index (χ0v) is 10.6. The van der Waals surface area contributed by atoms with Crippen molar-refractivity contribution in [2.24, 2.45) is 0 Å². The smallest absolute Gasteiger partial charge is 0.358 e. The molecule has 18 heavy (non-hydrogen) atoms. The third-order valence-electron chi connectivity index (χ3n) is 3.02. The van der Waals surface area contributed by atoms with Crippen molar-refractivity contribution in [3.8, 4) is 0 Å². The summed E-state index contributed by atoms with van der Waals surface area (Å²) in [5, 5.41) is 10.0. The Bertz CT molecular complexity index is 448. The number of hydrogen-bond acceptors (Lipinski definition) is 6. The molecular formula is C12H17N3O3. The maximum atomic E-state index is 11.4. The van der Waals surface area contributed by atoms with E-state index in [0.29, 0.717) is 12.4 Å². The van der Waals surface area contributed by atoms with Crippen molar-refractivity contribution in [1.29, 1.82) is 0 Å². The number of piperidine rings is 1. The van der Waals surface area contributed by atoms with Gasteiger partial charge in [0.2, 0.25) is 0 Å². The number of rotatable bonds is 2. The van der Waals surface area contributed by atoms with Crippen molar-refractivity contribution < 1.29 is 14.6 Å². The monoisotopic (exact) mass is 251 g/mol. The number of aliphatic hydroxyl groups is 1. The molecule has 0 spiro atoms. The Balaban J connectivity index is 2.20. The van der Waals surface area contributed by atoms with Gasteiger partial charge in [-0.15, -0.1) is 0 Å². The summed E-state index contributed by atoms with van der Waals surface area (Å²) in [6.45, 7) is 3.10. The van der Waals surface area contributed by atoms with Crippen molar-refractivity contribution in [3.63, 3.8) is 0 Å². The zero-order valence-electron chi connectivity index (χ0n) is 10.6. The normalized spacial score (nSPS) is 23.8. The lowest BCUT2D eigenvalue weighted by atomic mass is 9.95. The highest BCUT2D eigenvalue weighted by Gasteiger charge is 2.29. The van der Waals surface area contributed by atoms with E-state index in [9.17, 15) is 9.90 Å². The second kappa shape index (κ2) is 4.89. The molecule has 1 N–H and O–H groups in total. The van der Waals surface area contributed by atoms with Crippen molar-refractivity contribution in [2.45, 2.75) is 25.4 Å². The molecular weight excluding hydrogens is 234 g/mol. The summed E-state index contributed by atoms with van der Waals surface area (Å²) < 4.78 is 4.61. The molecule has 0 aromatic carbocycles. The number of ether oxygens (including phenoxy) is 1. The van der Waals surface area contributed by atoms with Gasteiger partial charge in [-0.25, -0.2) is 9.78 Å². The number of anilines is 1. The first kappa shape index (κ1) is 12.8. The van der Waals surface area contributed by atoms with Gasteiger partial charge in [-0.1, -0.05) is 0 Å². The largest absolute Gasteiger partial charge is 0.464 e. The average molecular weight is 251 g/mol. The Kier molecular flexibility index (Phi) is 3.47. The van der Waals surface area contributed by atoms with E-state index in [1.54, 1.807) is 13.1 Å². The Morgan fingerprint density at radius 1 is 1.56 bits per heavy atom. The lowest BCUT2D eigenvalue weighted by Gasteiger charge is -2.37. The number of hydrogen-bond donors (Lipinski definition) is 1. The fourth-order valence-electron chi connectivity index (χ4n) is 2.13. The maximum absolute atomic E-state index is 11.4. The molecule has 0 amide bonds. The summed E-state index contributed by atoms with van der Waals surface area (Å²) in [5.41, 5.74) is -0.540. The minimum absolute atomic E-state index is 0.181. The Labute approximate surface area is 106 Å². The second-order valence-electron chi connectivity index (χ2n) is 4.78. The first-order valence-corrected chi connectivity index (χ1v) is 5.89. The molecule has 6 nitrogen and oxygen atoms in total. The molecule has 6 heteroatoms. The van der Waals surface area contributed by atoms with Gasteiger partial charge in [-0.05, 0) is 19.8 Å². The van der Waals surface area contributed by atoms with E-state index < -0.39 is 11.6 Å². The quantitative estimate of drug-likeness (QED) is 0.776. The van der Waals surface area contributed by atoms with E-state index in [1.165, 1.54) is 13.3 Å². The molecule has 98 valence electrons. The molecule has 1 aromatic rings. The van der Waals surface area contributed by atoms with Crippen LogP contribution in [-0.2, 0) is 4.74 Å². The number of β-amino-alcohol motifs (C(OH)–C–C–N with tert-alkyl or cyclic N) is 1. The van der Waals surface area contributed by atoms with Crippen LogP contribution < -0.4 is 4.90 Å². The topological polar surface area (TPSA) is 75.5 Å². The van der Waals surface area contributed by atoms with Crippen LogP contribution in [0.4, 0.5) is 5.82 Å². The Morgan fingerprint density at radius 3 is 3.00 bits per heavy atom. The first-order chi connectivity index (χ1) is 8.52. The predicted octanol–water partition coefficient (Wildman–Crippen LogP) is 0.614. The number of aromatic nitrogens is 2. The second-order valence-corrected chi connectivity index (χ2v) is 4.78. The minimum Gasteiger partial charge on any atom is -0.464 e. The van der Waals surface area contributed by atoms with Gasteiger partial charge in [0.05, 0.1) is 25.1 Å². The van der Waals surface area contributed by atoms with Crippen LogP contribution in [-0.4, -0.2) is 46.8 Å². The van der Waals surface area contributed by atoms with E-state index >= 15 is 0 Å². The highest BCUT2D eigenvalue weighted by molar-refractivity contribution is 5.87. The number of carbonyl (C=O) groups excluding carboxylic acids is 1. The molecule has 0 saturated carbocycles. The molecule has 1 unspecified atom stereocenters. The van der Waals surface area contributed by atoms with E-state index in [0.717, 1.165) is 19.4 Å². The van der Waals surface area contributed by atoms with E-state index in [1.807, 2.05) is 4.90 Å². The van der Waals surface area contributed by atoms with E-state index in [4.69, 9.17) is 0 Å². The van der Waals surface area contributed by atoms with E-state index in [2.05, 4.69) is 14.7 Å². The Morgan fingerprint density at radius 2 is 2.33 bits per heavy atom. The van der Waals surface area contributed by atoms with Gasteiger partial charge in [0.15, 0.2) is 5.69 Å². The van der Waals surface area contributed by atoms with Crippen LogP contribution in [0.5, 0.6) is 0 Å². The summed E-state index contributed by atoms with van der Waals surface area (Å²) >= 11 is 0. The van der Waals surface area contributed by atoms with Crippen molar-refractivity contribution in [2.75, 3.05) is 25.1 Å². The first-order valence-electron chi connectivity index (χ1n) is 5.89. The molecule has 1 aromatic heterocycles. The highest BCUT2D eigenvalue weighted by atomic mass is 16.5. The molecule has 0 radical (unpaired) electrons. The summed E-state index contributed by atoms with van der Waals surface area (Å²) in [6.07, 6.45) is 4.62. The minimum atomic E-state index is -0.721. The molecule has 2 heterocycles. The number of carbonyl (C=O) groups is 1. The van der Waals surface area contributed by atoms with E-state index in [-0.39, 0.29) is 5.69 Å². The molecule has 1 saturated heterocycles. The Hall–Kier alpha value is -1.69. The summed E-state index contributed by atoms with van der Waals surface area (Å²) in [6, 6.07) is 0. The van der Waals surface area contributed by atoms with Crippen molar-refractivity contribution >= 4 is 11.8 Å².